The van der Waals surface area contributed by atoms with Crippen LogP contribution in [0.3, 0.4) is 0 Å². The van der Waals surface area contributed by atoms with Crippen molar-refractivity contribution in [3.8, 4) is 12.3 Å². The van der Waals surface area contributed by atoms with Crippen LogP contribution in [-0.2, 0) is 17.3 Å². The van der Waals surface area contributed by atoms with Crippen LogP contribution >= 0.6 is 11.6 Å². The van der Waals surface area contributed by atoms with Gasteiger partial charge in [-0.05, 0) is 11.6 Å². The molecule has 0 unspecified atom stereocenters. The zero-order valence-corrected chi connectivity index (χ0v) is 11.7. The number of aromatic nitrogens is 4. The predicted octanol–water partition coefficient (Wildman–Crippen LogP) is 0.922. The number of halogens is 1. The number of hydrogen-bond donors (Lipinski definition) is 0. The second kappa shape index (κ2) is 4.62. The molecular formula is C13H13ClN4O2. The summed E-state index contributed by atoms with van der Waals surface area (Å²) in [5.74, 6) is 2.77. The largest absolute Gasteiger partial charge is 0.381 e. The maximum absolute atomic E-state index is 12.5. The van der Waals surface area contributed by atoms with Gasteiger partial charge in [0, 0.05) is 33.1 Å². The van der Waals surface area contributed by atoms with E-state index >= 15 is 0 Å². The molecule has 0 saturated carbocycles. The summed E-state index contributed by atoms with van der Waals surface area (Å²) in [6.07, 6.45) is 8.41. The zero-order chi connectivity index (χ0) is 14.3. The fraction of sp³-hybridized carbons (Fsp3) is 0.462. The minimum absolute atomic E-state index is 0.0936. The molecule has 0 aromatic carbocycles. The molecule has 0 radical (unpaired) electrons. The molecule has 3 heterocycles. The summed E-state index contributed by atoms with van der Waals surface area (Å²) in [6, 6.07) is 0. The number of rotatable bonds is 1. The molecule has 2 aromatic heterocycles. The highest BCUT2D eigenvalue weighted by molar-refractivity contribution is 6.28. The molecule has 0 amide bonds. The van der Waals surface area contributed by atoms with Gasteiger partial charge in [0.1, 0.15) is 11.1 Å². The average molecular weight is 293 g/mol. The molecule has 6 nitrogen and oxygen atoms in total. The van der Waals surface area contributed by atoms with E-state index in [-0.39, 0.29) is 11.0 Å². The first-order valence-electron chi connectivity index (χ1n) is 6.25. The Labute approximate surface area is 120 Å². The molecule has 0 atom stereocenters. The first-order chi connectivity index (χ1) is 9.59. The molecule has 3 rings (SSSR count). The molecule has 104 valence electrons. The average Bonchev–Trinajstić information content (AvgIpc) is 2.71. The van der Waals surface area contributed by atoms with Crippen molar-refractivity contribution < 1.29 is 4.74 Å². The van der Waals surface area contributed by atoms with Gasteiger partial charge in [-0.15, -0.1) is 6.42 Å². The Balaban J connectivity index is 2.35. The van der Waals surface area contributed by atoms with E-state index in [4.69, 9.17) is 22.8 Å². The van der Waals surface area contributed by atoms with E-state index in [1.807, 2.05) is 0 Å². The molecule has 1 fully saturated rings. The van der Waals surface area contributed by atoms with Gasteiger partial charge in [-0.3, -0.25) is 9.13 Å². The Morgan fingerprint density at radius 3 is 2.85 bits per heavy atom. The van der Waals surface area contributed by atoms with Crippen LogP contribution in [0.2, 0.25) is 5.28 Å². The van der Waals surface area contributed by atoms with Crippen LogP contribution in [0.15, 0.2) is 11.0 Å². The predicted molar refractivity (Wildman–Crippen MR) is 74.6 cm³/mol. The first kappa shape index (κ1) is 13.2. The van der Waals surface area contributed by atoms with Crippen molar-refractivity contribution in [2.75, 3.05) is 13.2 Å². The minimum Gasteiger partial charge on any atom is -0.381 e. The van der Waals surface area contributed by atoms with Gasteiger partial charge < -0.3 is 4.74 Å². The van der Waals surface area contributed by atoms with Crippen LogP contribution in [0.1, 0.15) is 12.8 Å². The highest BCUT2D eigenvalue weighted by Crippen LogP contribution is 2.30. The maximum atomic E-state index is 12.5. The third-order valence-electron chi connectivity index (χ3n) is 3.79. The van der Waals surface area contributed by atoms with E-state index in [0.717, 1.165) is 0 Å². The molecule has 1 saturated heterocycles. The van der Waals surface area contributed by atoms with Crippen molar-refractivity contribution >= 4 is 22.8 Å². The quantitative estimate of drug-likeness (QED) is 0.579. The lowest BCUT2D eigenvalue weighted by molar-refractivity contribution is 0.0457. The lowest BCUT2D eigenvalue weighted by Gasteiger charge is -2.33. The Morgan fingerprint density at radius 1 is 1.50 bits per heavy atom. The third kappa shape index (κ3) is 1.74. The summed E-state index contributed by atoms with van der Waals surface area (Å²) >= 11 is 5.86. The Kier molecular flexibility index (Phi) is 3.04. The van der Waals surface area contributed by atoms with Gasteiger partial charge in [-0.2, -0.15) is 4.98 Å². The van der Waals surface area contributed by atoms with Crippen LogP contribution in [0.25, 0.3) is 11.2 Å². The monoisotopic (exact) mass is 292 g/mol. The van der Waals surface area contributed by atoms with Crippen molar-refractivity contribution in [3.63, 3.8) is 0 Å². The number of fused-ring (bicyclic) bond motifs is 1. The standard InChI is InChI=1S/C13H13ClN4O2/c1-3-13(4-6-20-7-5-13)18-10-9(17(2)12(18)19)8-15-11(14)16-10/h1,8H,4-7H2,2H3. The molecule has 1 aliphatic rings. The smallest absolute Gasteiger partial charge is 0.331 e. The zero-order valence-electron chi connectivity index (χ0n) is 11.0. The Bertz CT molecular complexity index is 765. The van der Waals surface area contributed by atoms with E-state index in [1.165, 1.54) is 10.8 Å². The van der Waals surface area contributed by atoms with Gasteiger partial charge in [0.25, 0.3) is 0 Å². The van der Waals surface area contributed by atoms with Gasteiger partial charge in [0.2, 0.25) is 5.28 Å². The lowest BCUT2D eigenvalue weighted by atomic mass is 9.91. The minimum atomic E-state index is -0.716. The van der Waals surface area contributed by atoms with Crippen molar-refractivity contribution in [1.29, 1.82) is 0 Å². The summed E-state index contributed by atoms with van der Waals surface area (Å²) in [4.78, 5) is 20.6. The SMILES string of the molecule is C#CC1(n2c(=O)n(C)c3cnc(Cl)nc32)CCOCC1. The van der Waals surface area contributed by atoms with Gasteiger partial charge in [0.05, 0.1) is 6.20 Å². The van der Waals surface area contributed by atoms with Gasteiger partial charge in [-0.25, -0.2) is 9.78 Å². The van der Waals surface area contributed by atoms with Crippen molar-refractivity contribution in [2.45, 2.75) is 18.4 Å². The second-order valence-electron chi connectivity index (χ2n) is 4.81. The number of ether oxygens (including phenoxy) is 1. The van der Waals surface area contributed by atoms with E-state index in [1.54, 1.807) is 11.6 Å². The topological polar surface area (TPSA) is 61.9 Å². The second-order valence-corrected chi connectivity index (χ2v) is 5.15. The van der Waals surface area contributed by atoms with E-state index in [2.05, 4.69) is 15.9 Å². The number of terminal acetylenes is 1. The molecule has 0 spiro atoms. The van der Waals surface area contributed by atoms with E-state index in [0.29, 0.717) is 37.2 Å². The number of nitrogens with zero attached hydrogens (tertiary/aromatic N) is 4. The number of imidazole rings is 1. The molecule has 0 aliphatic carbocycles. The van der Waals surface area contributed by atoms with E-state index < -0.39 is 5.54 Å². The number of aryl methyl sites for hydroxylation is 1. The molecule has 20 heavy (non-hydrogen) atoms. The Morgan fingerprint density at radius 2 is 2.20 bits per heavy atom. The van der Waals surface area contributed by atoms with Crippen molar-refractivity contribution in [3.05, 3.63) is 22.0 Å². The normalized spacial score (nSPS) is 18.1. The Hall–Kier alpha value is -1.84. The van der Waals surface area contributed by atoms with Crippen LogP contribution < -0.4 is 5.69 Å². The molecular weight excluding hydrogens is 280 g/mol. The van der Waals surface area contributed by atoms with Crippen LogP contribution in [0, 0.1) is 12.3 Å². The molecule has 1 aliphatic heterocycles. The van der Waals surface area contributed by atoms with Crippen LogP contribution in [-0.4, -0.2) is 32.3 Å². The van der Waals surface area contributed by atoms with Gasteiger partial charge in [0.15, 0.2) is 5.65 Å². The van der Waals surface area contributed by atoms with Crippen molar-refractivity contribution in [1.82, 2.24) is 19.1 Å². The maximum Gasteiger partial charge on any atom is 0.331 e. The number of hydrogen-bond acceptors (Lipinski definition) is 4. The molecule has 0 bridgehead atoms. The molecule has 0 N–H and O–H groups in total. The van der Waals surface area contributed by atoms with E-state index in [9.17, 15) is 4.79 Å². The summed E-state index contributed by atoms with van der Waals surface area (Å²) in [6.45, 7) is 1.04. The molecule has 2 aromatic rings. The van der Waals surface area contributed by atoms with Crippen LogP contribution in [0.5, 0.6) is 0 Å². The highest BCUT2D eigenvalue weighted by Gasteiger charge is 2.36. The van der Waals surface area contributed by atoms with Gasteiger partial charge >= 0.3 is 5.69 Å². The fourth-order valence-corrected chi connectivity index (χ4v) is 2.75. The van der Waals surface area contributed by atoms with Crippen LogP contribution in [0.4, 0.5) is 0 Å². The fourth-order valence-electron chi connectivity index (χ4n) is 2.62. The summed E-state index contributed by atoms with van der Waals surface area (Å²) in [5.41, 5.74) is 0.154. The summed E-state index contributed by atoms with van der Waals surface area (Å²) in [7, 11) is 1.67. The summed E-state index contributed by atoms with van der Waals surface area (Å²) < 4.78 is 8.39. The molecule has 7 heteroatoms. The summed E-state index contributed by atoms with van der Waals surface area (Å²) in [5, 5.41) is 0.0936. The first-order valence-corrected chi connectivity index (χ1v) is 6.63. The lowest BCUT2D eigenvalue weighted by Crippen LogP contribution is -2.44. The highest BCUT2D eigenvalue weighted by atomic mass is 35.5. The van der Waals surface area contributed by atoms with Gasteiger partial charge in [-0.1, -0.05) is 5.92 Å². The third-order valence-corrected chi connectivity index (χ3v) is 3.97. The van der Waals surface area contributed by atoms with Crippen molar-refractivity contribution in [2.24, 2.45) is 7.05 Å².